The minimum absolute atomic E-state index is 0.0434. The van der Waals surface area contributed by atoms with Crippen molar-refractivity contribution in [1.29, 1.82) is 5.26 Å². The standard InChI is InChI=1S/C27H28F7N5O2S/c1-17-8-12-36-15-22(17)23(24(40)37-19-6-10-26(28,29)11-7-19)39(25(41)27-14-18(27)9-13-38(27)16-35)20-2-4-21(5-3-20)42(30,31,32,33)34/h2-5,8,12,15,18-19,23H,6-7,9-11,13-14H2,1H3,(H,37,40). The number of nitrogens with zero attached hydrogens (tertiary/aromatic N) is 4. The highest BCUT2D eigenvalue weighted by Gasteiger charge is 2.69. The van der Waals surface area contributed by atoms with Gasteiger partial charge in [-0.1, -0.05) is 19.4 Å². The number of fused-ring (bicyclic) bond motifs is 1. The van der Waals surface area contributed by atoms with Crippen LogP contribution in [0.15, 0.2) is 47.6 Å². The largest absolute Gasteiger partial charge is 0.351 e. The number of nitriles is 1. The molecule has 1 N–H and O–H groups in total. The van der Waals surface area contributed by atoms with Crippen LogP contribution < -0.4 is 10.2 Å². The molecule has 2 saturated carbocycles. The van der Waals surface area contributed by atoms with E-state index in [-0.39, 0.29) is 55.1 Å². The Kier molecular flexibility index (Phi) is 6.58. The number of amides is 2. The number of hydrogen-bond donors (Lipinski definition) is 1. The molecule has 1 saturated heterocycles. The number of alkyl halides is 2. The molecule has 3 unspecified atom stereocenters. The van der Waals surface area contributed by atoms with E-state index < -0.39 is 63.3 Å². The van der Waals surface area contributed by atoms with Crippen molar-refractivity contribution in [3.05, 3.63) is 53.9 Å². The van der Waals surface area contributed by atoms with Crippen LogP contribution in [0, 0.1) is 24.3 Å². The van der Waals surface area contributed by atoms with Gasteiger partial charge in [-0.25, -0.2) is 8.78 Å². The molecule has 2 aromatic rings. The van der Waals surface area contributed by atoms with Gasteiger partial charge in [-0.05, 0) is 74.4 Å². The summed E-state index contributed by atoms with van der Waals surface area (Å²) in [6, 6.07) is 1.02. The van der Waals surface area contributed by atoms with Crippen LogP contribution in [-0.4, -0.2) is 45.7 Å². The maximum absolute atomic E-state index is 14.4. The summed E-state index contributed by atoms with van der Waals surface area (Å²) in [7, 11) is -10.1. The quantitative estimate of drug-likeness (QED) is 0.273. The Balaban J connectivity index is 1.61. The Morgan fingerprint density at radius 1 is 1.10 bits per heavy atom. The number of aryl methyl sites for hydroxylation is 1. The van der Waals surface area contributed by atoms with Gasteiger partial charge < -0.3 is 5.32 Å². The van der Waals surface area contributed by atoms with Crippen LogP contribution in [-0.2, 0) is 9.59 Å². The number of anilines is 1. The molecular weight excluding hydrogens is 591 g/mol. The lowest BCUT2D eigenvalue weighted by atomic mass is 9.91. The average Bonchev–Trinajstić information content (AvgIpc) is 3.52. The van der Waals surface area contributed by atoms with E-state index in [9.17, 15) is 43.1 Å². The average molecular weight is 620 g/mol. The Morgan fingerprint density at radius 2 is 1.74 bits per heavy atom. The van der Waals surface area contributed by atoms with Gasteiger partial charge in [-0.3, -0.25) is 24.4 Å². The molecule has 0 spiro atoms. The molecule has 1 aromatic carbocycles. The number of carbonyl (C=O) groups is 2. The van der Waals surface area contributed by atoms with Gasteiger partial charge in [0.2, 0.25) is 11.8 Å². The molecule has 3 atom stereocenters. The molecular formula is C27H28F7N5O2S. The zero-order chi connectivity index (χ0) is 30.8. The number of halogens is 7. The fourth-order valence-corrected chi connectivity index (χ4v) is 6.72. The number of aromatic nitrogens is 1. The Labute approximate surface area is 237 Å². The van der Waals surface area contributed by atoms with Gasteiger partial charge >= 0.3 is 10.2 Å². The molecule has 3 aliphatic rings. The second kappa shape index (κ2) is 9.23. The third-order valence-electron chi connectivity index (χ3n) is 8.47. The van der Waals surface area contributed by atoms with E-state index >= 15 is 0 Å². The lowest BCUT2D eigenvalue weighted by molar-refractivity contribution is -0.130. The summed E-state index contributed by atoms with van der Waals surface area (Å²) in [5.41, 5.74) is -0.963. The number of piperidine rings is 1. The molecule has 0 bridgehead atoms. The first-order valence-corrected chi connectivity index (χ1v) is 15.3. The lowest BCUT2D eigenvalue weighted by Crippen LogP contribution is -2.54. The first-order chi connectivity index (χ1) is 19.4. The molecule has 2 amide bonds. The minimum Gasteiger partial charge on any atom is -0.351 e. The van der Waals surface area contributed by atoms with Gasteiger partial charge in [0.05, 0.1) is 0 Å². The third-order valence-corrected chi connectivity index (χ3v) is 9.63. The fraction of sp³-hybridized carbons (Fsp3) is 0.481. The normalized spacial score (nSPS) is 25.8. The molecule has 7 nitrogen and oxygen atoms in total. The van der Waals surface area contributed by atoms with Crippen molar-refractivity contribution in [1.82, 2.24) is 15.2 Å². The predicted octanol–water partition coefficient (Wildman–Crippen LogP) is 6.76. The first kappa shape index (κ1) is 29.9. The molecule has 1 aromatic heterocycles. The zero-order valence-corrected chi connectivity index (χ0v) is 23.2. The zero-order valence-electron chi connectivity index (χ0n) is 22.4. The van der Waals surface area contributed by atoms with Crippen LogP contribution in [0.2, 0.25) is 0 Å². The molecule has 1 aliphatic heterocycles. The monoisotopic (exact) mass is 619 g/mol. The number of rotatable bonds is 7. The van der Waals surface area contributed by atoms with Gasteiger partial charge in [0.15, 0.2) is 6.19 Å². The van der Waals surface area contributed by atoms with E-state index in [0.29, 0.717) is 24.1 Å². The summed E-state index contributed by atoms with van der Waals surface area (Å²) in [5, 5.41) is 12.4. The predicted molar refractivity (Wildman–Crippen MR) is 140 cm³/mol. The van der Waals surface area contributed by atoms with E-state index in [1.807, 2.05) is 6.19 Å². The van der Waals surface area contributed by atoms with Gasteiger partial charge in [0, 0.05) is 49.1 Å². The Hall–Kier alpha value is -3.54. The van der Waals surface area contributed by atoms with Crippen LogP contribution in [0.5, 0.6) is 0 Å². The van der Waals surface area contributed by atoms with Crippen LogP contribution in [0.4, 0.5) is 33.9 Å². The third kappa shape index (κ3) is 5.48. The summed E-state index contributed by atoms with van der Waals surface area (Å²) >= 11 is 0. The SMILES string of the molecule is Cc1ccncc1C(C(=O)NC1CCC(F)(F)CC1)N(C(=O)C12CC1CCN2C#N)c1ccc(S(F)(F)(F)(F)F)cc1. The summed E-state index contributed by atoms with van der Waals surface area (Å²) < 4.78 is 95.1. The summed E-state index contributed by atoms with van der Waals surface area (Å²) in [6.07, 6.45) is 4.45. The summed E-state index contributed by atoms with van der Waals surface area (Å²) in [6.45, 7) is 1.87. The van der Waals surface area contributed by atoms with Crippen molar-refractivity contribution in [2.24, 2.45) is 5.92 Å². The number of likely N-dealkylation sites (tertiary alicyclic amines) is 1. The van der Waals surface area contributed by atoms with E-state index in [2.05, 4.69) is 10.3 Å². The van der Waals surface area contributed by atoms with Crippen LogP contribution >= 0.6 is 10.2 Å². The molecule has 15 heteroatoms. The Bertz CT molecular complexity index is 1460. The van der Waals surface area contributed by atoms with Gasteiger partial charge in [-0.15, -0.1) is 0 Å². The van der Waals surface area contributed by atoms with E-state index in [0.717, 1.165) is 4.90 Å². The highest BCUT2D eigenvalue weighted by Crippen LogP contribution is 3.02. The van der Waals surface area contributed by atoms with Crippen molar-refractivity contribution in [3.63, 3.8) is 0 Å². The van der Waals surface area contributed by atoms with Crippen molar-refractivity contribution >= 4 is 27.7 Å². The topological polar surface area (TPSA) is 89.3 Å². The molecule has 2 aliphatic carbocycles. The first-order valence-electron chi connectivity index (χ1n) is 13.3. The smallest absolute Gasteiger partial charge is 0.310 e. The number of carbonyl (C=O) groups excluding carboxylic acids is 2. The van der Waals surface area contributed by atoms with Gasteiger partial charge in [0.1, 0.15) is 16.5 Å². The molecule has 3 fully saturated rings. The summed E-state index contributed by atoms with van der Waals surface area (Å²) in [4.78, 5) is 32.4. The molecule has 0 radical (unpaired) electrons. The van der Waals surface area contributed by atoms with Crippen LogP contribution in [0.25, 0.3) is 0 Å². The molecule has 2 heterocycles. The van der Waals surface area contributed by atoms with Gasteiger partial charge in [0.25, 0.3) is 5.91 Å². The Morgan fingerprint density at radius 3 is 2.29 bits per heavy atom. The highest BCUT2D eigenvalue weighted by molar-refractivity contribution is 8.45. The number of pyridine rings is 1. The minimum atomic E-state index is -10.1. The second-order valence-electron chi connectivity index (χ2n) is 11.3. The lowest BCUT2D eigenvalue weighted by Gasteiger charge is -2.41. The van der Waals surface area contributed by atoms with Crippen LogP contribution in [0.1, 0.15) is 55.7 Å². The number of nitrogens with one attached hydrogen (secondary N) is 1. The molecule has 228 valence electrons. The summed E-state index contributed by atoms with van der Waals surface area (Å²) in [5.74, 6) is -4.70. The van der Waals surface area contributed by atoms with Crippen molar-refractivity contribution in [3.8, 4) is 6.19 Å². The number of hydrogen-bond acceptors (Lipinski definition) is 5. The van der Waals surface area contributed by atoms with E-state index in [4.69, 9.17) is 0 Å². The van der Waals surface area contributed by atoms with Crippen molar-refractivity contribution < 1.29 is 37.8 Å². The molecule has 42 heavy (non-hydrogen) atoms. The number of benzene rings is 1. The van der Waals surface area contributed by atoms with Gasteiger partial charge in [-0.2, -0.15) is 5.26 Å². The maximum Gasteiger partial charge on any atom is 0.310 e. The fourth-order valence-electron chi connectivity index (χ4n) is 6.07. The van der Waals surface area contributed by atoms with Crippen molar-refractivity contribution in [2.45, 2.75) is 73.9 Å². The van der Waals surface area contributed by atoms with E-state index in [1.165, 1.54) is 17.3 Å². The second-order valence-corrected chi connectivity index (χ2v) is 13.7. The maximum atomic E-state index is 14.4. The molecule has 5 rings (SSSR count). The highest BCUT2D eigenvalue weighted by atomic mass is 32.5. The van der Waals surface area contributed by atoms with Crippen molar-refractivity contribution in [2.75, 3.05) is 11.4 Å². The van der Waals surface area contributed by atoms with E-state index in [1.54, 1.807) is 13.0 Å². The van der Waals surface area contributed by atoms with Crippen LogP contribution in [0.3, 0.4) is 0 Å².